The van der Waals surface area contributed by atoms with Crippen molar-refractivity contribution in [3.63, 3.8) is 0 Å². The molecule has 0 saturated heterocycles. The fourth-order valence-electron chi connectivity index (χ4n) is 2.59. The van der Waals surface area contributed by atoms with Crippen LogP contribution in [0.5, 0.6) is 11.5 Å². The van der Waals surface area contributed by atoms with Gasteiger partial charge in [0, 0.05) is 37.5 Å². The number of sulfonamides is 1. The van der Waals surface area contributed by atoms with Gasteiger partial charge in [0.1, 0.15) is 22.2 Å². The van der Waals surface area contributed by atoms with Gasteiger partial charge in [-0.15, -0.1) is 0 Å². The van der Waals surface area contributed by atoms with Crippen LogP contribution in [0.4, 0.5) is 11.8 Å². The van der Waals surface area contributed by atoms with Gasteiger partial charge in [-0.25, -0.2) is 18.1 Å². The molecule has 2 rings (SSSR count). The van der Waals surface area contributed by atoms with Gasteiger partial charge in [-0.05, 0) is 39.8 Å². The number of nitrogens with one attached hydrogen (secondary N) is 3. The highest BCUT2D eigenvalue weighted by Crippen LogP contribution is 2.28. The van der Waals surface area contributed by atoms with Crippen molar-refractivity contribution >= 4 is 21.8 Å². The number of anilines is 2. The van der Waals surface area contributed by atoms with E-state index in [1.165, 1.54) is 6.07 Å². The van der Waals surface area contributed by atoms with Crippen molar-refractivity contribution in [3.8, 4) is 11.5 Å². The number of ether oxygens (including phenoxy) is 2. The number of aromatic nitrogens is 2. The van der Waals surface area contributed by atoms with Gasteiger partial charge >= 0.3 is 0 Å². The molecule has 160 valence electrons. The third kappa shape index (κ3) is 6.75. The molecule has 3 N–H and O–H groups in total. The molecule has 0 radical (unpaired) electrons. The van der Waals surface area contributed by atoms with E-state index in [4.69, 9.17) is 9.47 Å². The molecule has 2 aromatic rings. The summed E-state index contributed by atoms with van der Waals surface area (Å²) in [5, 5.41) is 6.16. The molecule has 0 aliphatic carbocycles. The lowest BCUT2D eigenvalue weighted by molar-refractivity contribution is 0.317. The molecule has 1 aromatic heterocycles. The van der Waals surface area contributed by atoms with Crippen LogP contribution >= 0.6 is 0 Å². The molecule has 0 unspecified atom stereocenters. The first-order chi connectivity index (χ1) is 13.9. The first-order valence-electron chi connectivity index (χ1n) is 9.62. The Morgan fingerprint density at radius 3 is 2.41 bits per heavy atom. The average molecular weight is 424 g/mol. The second kappa shape index (κ2) is 10.8. The van der Waals surface area contributed by atoms with Crippen LogP contribution in [-0.2, 0) is 10.0 Å². The van der Waals surface area contributed by atoms with Crippen LogP contribution in [-0.4, -0.2) is 51.2 Å². The standard InChI is InChI=1S/C19H29N5O4S/c1-5-20-19-23-14(4)12-18(24-19)21-10-11-22-29(25,26)17-9-8-15(27-6-2)13-16(17)28-7-3/h8-9,12-13,22H,5-7,10-11H2,1-4H3,(H2,20,21,23,24). The minimum Gasteiger partial charge on any atom is -0.494 e. The van der Waals surface area contributed by atoms with Crippen LogP contribution < -0.4 is 24.8 Å². The molecule has 0 fully saturated rings. The SMILES string of the molecule is CCNc1nc(C)cc(NCCNS(=O)(=O)c2ccc(OCC)cc2OCC)n1. The van der Waals surface area contributed by atoms with Crippen molar-refractivity contribution in [2.24, 2.45) is 0 Å². The first kappa shape index (κ1) is 22.7. The number of hydrogen-bond acceptors (Lipinski definition) is 8. The van der Waals surface area contributed by atoms with Gasteiger partial charge in [0.2, 0.25) is 16.0 Å². The minimum atomic E-state index is -3.74. The van der Waals surface area contributed by atoms with Crippen LogP contribution in [0.15, 0.2) is 29.2 Å². The van der Waals surface area contributed by atoms with E-state index in [1.807, 2.05) is 20.8 Å². The van der Waals surface area contributed by atoms with E-state index in [2.05, 4.69) is 25.3 Å². The van der Waals surface area contributed by atoms with E-state index in [0.29, 0.717) is 43.8 Å². The van der Waals surface area contributed by atoms with E-state index >= 15 is 0 Å². The lowest BCUT2D eigenvalue weighted by Crippen LogP contribution is -2.29. The third-order valence-corrected chi connectivity index (χ3v) is 5.23. The Bertz CT molecular complexity index is 905. The highest BCUT2D eigenvalue weighted by Gasteiger charge is 2.20. The fourth-order valence-corrected chi connectivity index (χ4v) is 3.74. The summed E-state index contributed by atoms with van der Waals surface area (Å²) >= 11 is 0. The zero-order valence-electron chi connectivity index (χ0n) is 17.3. The molecular formula is C19H29N5O4S. The second-order valence-electron chi connectivity index (χ2n) is 6.05. The molecule has 1 heterocycles. The summed E-state index contributed by atoms with van der Waals surface area (Å²) in [4.78, 5) is 8.70. The quantitative estimate of drug-likeness (QED) is 0.446. The maximum atomic E-state index is 12.7. The van der Waals surface area contributed by atoms with Gasteiger partial charge in [-0.3, -0.25) is 0 Å². The third-order valence-electron chi connectivity index (χ3n) is 3.73. The number of nitrogens with zero attached hydrogens (tertiary/aromatic N) is 2. The molecule has 0 saturated carbocycles. The highest BCUT2D eigenvalue weighted by atomic mass is 32.2. The van der Waals surface area contributed by atoms with Gasteiger partial charge in [-0.2, -0.15) is 4.98 Å². The normalized spacial score (nSPS) is 11.2. The topological polar surface area (TPSA) is 114 Å². The Hall–Kier alpha value is -2.59. The summed E-state index contributed by atoms with van der Waals surface area (Å²) < 4.78 is 38.9. The fraction of sp³-hybridized carbons (Fsp3) is 0.474. The van der Waals surface area contributed by atoms with Gasteiger partial charge < -0.3 is 20.1 Å². The van der Waals surface area contributed by atoms with Crippen LogP contribution in [0.1, 0.15) is 26.5 Å². The molecule has 0 atom stereocenters. The summed E-state index contributed by atoms with van der Waals surface area (Å²) in [6.07, 6.45) is 0. The van der Waals surface area contributed by atoms with Crippen LogP contribution in [0, 0.1) is 6.92 Å². The summed E-state index contributed by atoms with van der Waals surface area (Å²) in [6.45, 7) is 9.59. The Labute approximate surface area is 172 Å². The van der Waals surface area contributed by atoms with Crippen molar-refractivity contribution in [1.29, 1.82) is 0 Å². The van der Waals surface area contributed by atoms with Gasteiger partial charge in [0.15, 0.2) is 0 Å². The Balaban J connectivity index is 2.01. The molecule has 0 amide bonds. The van der Waals surface area contributed by atoms with Gasteiger partial charge in [-0.1, -0.05) is 0 Å². The monoisotopic (exact) mass is 423 g/mol. The van der Waals surface area contributed by atoms with Crippen molar-refractivity contribution in [3.05, 3.63) is 30.0 Å². The smallest absolute Gasteiger partial charge is 0.244 e. The summed E-state index contributed by atoms with van der Waals surface area (Å²) in [7, 11) is -3.74. The molecule has 29 heavy (non-hydrogen) atoms. The maximum Gasteiger partial charge on any atom is 0.244 e. The molecule has 1 aromatic carbocycles. The predicted octanol–water partition coefficient (Wildman–Crippen LogP) is 2.40. The van der Waals surface area contributed by atoms with Gasteiger partial charge in [0.05, 0.1) is 13.2 Å². The Kier molecular flexibility index (Phi) is 8.47. The van der Waals surface area contributed by atoms with Gasteiger partial charge in [0.25, 0.3) is 0 Å². The largest absolute Gasteiger partial charge is 0.494 e. The predicted molar refractivity (Wildman–Crippen MR) is 113 cm³/mol. The van der Waals surface area contributed by atoms with E-state index in [1.54, 1.807) is 25.1 Å². The van der Waals surface area contributed by atoms with Crippen molar-refractivity contribution < 1.29 is 17.9 Å². The number of rotatable bonds is 12. The van der Waals surface area contributed by atoms with Crippen molar-refractivity contribution in [2.75, 3.05) is 43.5 Å². The molecule has 0 spiro atoms. The van der Waals surface area contributed by atoms with Crippen molar-refractivity contribution in [2.45, 2.75) is 32.6 Å². The average Bonchev–Trinajstić information content (AvgIpc) is 2.66. The van der Waals surface area contributed by atoms with E-state index in [-0.39, 0.29) is 17.2 Å². The Morgan fingerprint density at radius 2 is 1.72 bits per heavy atom. The number of benzene rings is 1. The summed E-state index contributed by atoms with van der Waals surface area (Å²) in [5.74, 6) is 1.99. The van der Waals surface area contributed by atoms with Crippen LogP contribution in [0.2, 0.25) is 0 Å². The lowest BCUT2D eigenvalue weighted by atomic mass is 10.3. The molecule has 0 aliphatic heterocycles. The van der Waals surface area contributed by atoms with Crippen LogP contribution in [0.25, 0.3) is 0 Å². The molecular weight excluding hydrogens is 394 g/mol. The van der Waals surface area contributed by atoms with Crippen LogP contribution in [0.3, 0.4) is 0 Å². The zero-order chi connectivity index (χ0) is 21.3. The van der Waals surface area contributed by atoms with E-state index in [9.17, 15) is 8.42 Å². The minimum absolute atomic E-state index is 0.0788. The summed E-state index contributed by atoms with van der Waals surface area (Å²) in [6, 6.07) is 6.49. The maximum absolute atomic E-state index is 12.7. The Morgan fingerprint density at radius 1 is 0.966 bits per heavy atom. The summed E-state index contributed by atoms with van der Waals surface area (Å²) in [5.41, 5.74) is 0.815. The molecule has 9 nitrogen and oxygen atoms in total. The highest BCUT2D eigenvalue weighted by molar-refractivity contribution is 7.89. The van der Waals surface area contributed by atoms with E-state index in [0.717, 1.165) is 5.69 Å². The number of aryl methyl sites for hydroxylation is 1. The second-order valence-corrected chi connectivity index (χ2v) is 7.78. The molecule has 0 aliphatic rings. The molecule has 0 bridgehead atoms. The van der Waals surface area contributed by atoms with Crippen molar-refractivity contribution in [1.82, 2.24) is 14.7 Å². The first-order valence-corrected chi connectivity index (χ1v) is 11.1. The zero-order valence-corrected chi connectivity index (χ0v) is 18.1. The molecule has 10 heteroatoms. The lowest BCUT2D eigenvalue weighted by Gasteiger charge is -2.14. The number of hydrogen-bond donors (Lipinski definition) is 3. The van der Waals surface area contributed by atoms with E-state index < -0.39 is 10.0 Å².